The second-order valence-corrected chi connectivity index (χ2v) is 3.26. The Bertz CT molecular complexity index is 143. The largest absolute Gasteiger partial charge is 0.377 e. The number of nitrogens with one attached hydrogen (secondary N) is 1. The van der Waals surface area contributed by atoms with Gasteiger partial charge in [-0.1, -0.05) is 19.8 Å². The predicted octanol–water partition coefficient (Wildman–Crippen LogP) is 1.08. The highest BCUT2D eigenvalue weighted by Crippen LogP contribution is 2.02. The first-order valence-electron chi connectivity index (χ1n) is 4.70. The third-order valence-corrected chi connectivity index (χ3v) is 2.01. The Balaban J connectivity index is 1.95. The summed E-state index contributed by atoms with van der Waals surface area (Å²) >= 11 is 0. The predicted molar refractivity (Wildman–Crippen MR) is 46.9 cm³/mol. The molecule has 0 aromatic rings. The molecule has 1 amide bonds. The molecule has 0 unspecified atom stereocenters. The van der Waals surface area contributed by atoms with Gasteiger partial charge in [-0.05, 0) is 6.42 Å². The van der Waals surface area contributed by atoms with E-state index in [4.69, 9.17) is 4.74 Å². The van der Waals surface area contributed by atoms with Crippen molar-refractivity contribution in [3.63, 3.8) is 0 Å². The van der Waals surface area contributed by atoms with Gasteiger partial charge in [0.1, 0.15) is 0 Å². The van der Waals surface area contributed by atoms with Gasteiger partial charge in [0.15, 0.2) is 0 Å². The van der Waals surface area contributed by atoms with E-state index in [1.54, 1.807) is 0 Å². The third-order valence-electron chi connectivity index (χ3n) is 2.01. The van der Waals surface area contributed by atoms with E-state index in [9.17, 15) is 4.79 Å². The summed E-state index contributed by atoms with van der Waals surface area (Å²) in [7, 11) is 0. The minimum absolute atomic E-state index is 0.178. The van der Waals surface area contributed by atoms with Crippen LogP contribution in [0.25, 0.3) is 0 Å². The Morgan fingerprint density at radius 1 is 1.50 bits per heavy atom. The summed E-state index contributed by atoms with van der Waals surface area (Å²) in [5, 5.41) is 2.91. The Morgan fingerprint density at radius 3 is 2.75 bits per heavy atom. The molecule has 0 radical (unpaired) electrons. The lowest BCUT2D eigenvalue weighted by atomic mass is 10.2. The average molecular weight is 171 g/mol. The molecule has 1 aliphatic rings. The smallest absolute Gasteiger partial charge is 0.220 e. The highest BCUT2D eigenvalue weighted by Gasteiger charge is 2.19. The van der Waals surface area contributed by atoms with Gasteiger partial charge in [0.25, 0.3) is 0 Å². The summed E-state index contributed by atoms with van der Waals surface area (Å²) in [5.74, 6) is 0.178. The molecule has 3 nitrogen and oxygen atoms in total. The lowest BCUT2D eigenvalue weighted by Gasteiger charge is -2.26. The molecular weight excluding hydrogens is 154 g/mol. The Morgan fingerprint density at radius 2 is 2.25 bits per heavy atom. The molecule has 70 valence electrons. The molecule has 0 aromatic heterocycles. The van der Waals surface area contributed by atoms with Crippen LogP contribution in [0.2, 0.25) is 0 Å². The van der Waals surface area contributed by atoms with Gasteiger partial charge in [-0.15, -0.1) is 0 Å². The summed E-state index contributed by atoms with van der Waals surface area (Å²) in [6.07, 6.45) is 3.99. The topological polar surface area (TPSA) is 38.3 Å². The molecule has 0 aliphatic carbocycles. The quantitative estimate of drug-likeness (QED) is 0.629. The van der Waals surface area contributed by atoms with Crippen molar-refractivity contribution in [1.29, 1.82) is 0 Å². The van der Waals surface area contributed by atoms with E-state index in [1.807, 2.05) is 0 Å². The molecule has 0 bridgehead atoms. The van der Waals surface area contributed by atoms with E-state index < -0.39 is 0 Å². The molecule has 1 saturated heterocycles. The van der Waals surface area contributed by atoms with Crippen molar-refractivity contribution in [3.05, 3.63) is 0 Å². The number of unbranched alkanes of at least 4 members (excludes halogenated alkanes) is 2. The fraction of sp³-hybridized carbons (Fsp3) is 0.889. The van der Waals surface area contributed by atoms with Crippen molar-refractivity contribution in [2.45, 2.75) is 38.6 Å². The van der Waals surface area contributed by atoms with Crippen LogP contribution in [-0.2, 0) is 9.53 Å². The molecule has 3 heteroatoms. The molecule has 0 saturated carbocycles. The first-order valence-corrected chi connectivity index (χ1v) is 4.70. The number of carbonyl (C=O) groups is 1. The molecule has 1 aliphatic heterocycles. The van der Waals surface area contributed by atoms with E-state index in [2.05, 4.69) is 12.2 Å². The molecule has 0 atom stereocenters. The molecule has 0 aromatic carbocycles. The number of amides is 1. The van der Waals surface area contributed by atoms with Crippen molar-refractivity contribution in [1.82, 2.24) is 5.32 Å². The third kappa shape index (κ3) is 3.22. The lowest BCUT2D eigenvalue weighted by Crippen LogP contribution is -2.48. The van der Waals surface area contributed by atoms with Crippen LogP contribution in [0.1, 0.15) is 32.6 Å². The molecule has 1 heterocycles. The second-order valence-electron chi connectivity index (χ2n) is 3.26. The van der Waals surface area contributed by atoms with Crippen molar-refractivity contribution < 1.29 is 9.53 Å². The Kier molecular flexibility index (Phi) is 4.08. The second kappa shape index (κ2) is 5.14. The minimum Gasteiger partial charge on any atom is -0.377 e. The normalized spacial score (nSPS) is 17.1. The maximum atomic E-state index is 11.2. The van der Waals surface area contributed by atoms with Crippen molar-refractivity contribution in [2.75, 3.05) is 13.2 Å². The first kappa shape index (κ1) is 9.52. The average Bonchev–Trinajstić information content (AvgIpc) is 1.98. The van der Waals surface area contributed by atoms with Crippen LogP contribution in [0.3, 0.4) is 0 Å². The summed E-state index contributed by atoms with van der Waals surface area (Å²) in [5.41, 5.74) is 0. The van der Waals surface area contributed by atoms with Crippen molar-refractivity contribution >= 4 is 5.91 Å². The lowest BCUT2D eigenvalue weighted by molar-refractivity contribution is -0.125. The van der Waals surface area contributed by atoms with Gasteiger partial charge in [0, 0.05) is 6.42 Å². The number of carbonyl (C=O) groups excluding carboxylic acids is 1. The van der Waals surface area contributed by atoms with E-state index in [0.29, 0.717) is 25.7 Å². The van der Waals surface area contributed by atoms with E-state index in [1.165, 1.54) is 6.42 Å². The maximum Gasteiger partial charge on any atom is 0.220 e. The van der Waals surface area contributed by atoms with Crippen LogP contribution in [0.15, 0.2) is 0 Å². The van der Waals surface area contributed by atoms with Crippen LogP contribution >= 0.6 is 0 Å². The SMILES string of the molecule is CCCCCC(=O)NC1COC1. The maximum absolute atomic E-state index is 11.2. The number of hydrogen-bond donors (Lipinski definition) is 1. The summed E-state index contributed by atoms with van der Waals surface area (Å²) in [6.45, 7) is 3.52. The monoisotopic (exact) mass is 171 g/mol. The van der Waals surface area contributed by atoms with Crippen LogP contribution in [0.4, 0.5) is 0 Å². The van der Waals surface area contributed by atoms with E-state index in [-0.39, 0.29) is 5.91 Å². The van der Waals surface area contributed by atoms with Crippen LogP contribution in [0, 0.1) is 0 Å². The fourth-order valence-electron chi connectivity index (χ4n) is 1.15. The standard InChI is InChI=1S/C9H17NO2/c1-2-3-4-5-9(11)10-8-6-12-7-8/h8H,2-7H2,1H3,(H,10,11). The number of hydrogen-bond acceptors (Lipinski definition) is 2. The molecule has 1 N–H and O–H groups in total. The molecule has 0 spiro atoms. The van der Waals surface area contributed by atoms with Crippen LogP contribution in [0.5, 0.6) is 0 Å². The zero-order valence-corrected chi connectivity index (χ0v) is 7.64. The van der Waals surface area contributed by atoms with Gasteiger partial charge in [-0.25, -0.2) is 0 Å². The van der Waals surface area contributed by atoms with E-state index >= 15 is 0 Å². The van der Waals surface area contributed by atoms with Crippen molar-refractivity contribution in [2.24, 2.45) is 0 Å². The zero-order chi connectivity index (χ0) is 8.81. The zero-order valence-electron chi connectivity index (χ0n) is 7.64. The number of rotatable bonds is 5. The van der Waals surface area contributed by atoms with Crippen molar-refractivity contribution in [3.8, 4) is 0 Å². The molecule has 1 fully saturated rings. The van der Waals surface area contributed by atoms with Crippen LogP contribution < -0.4 is 5.32 Å². The van der Waals surface area contributed by atoms with Gasteiger partial charge in [-0.3, -0.25) is 4.79 Å². The number of ether oxygens (including phenoxy) is 1. The highest BCUT2D eigenvalue weighted by atomic mass is 16.5. The Hall–Kier alpha value is -0.570. The van der Waals surface area contributed by atoms with Gasteiger partial charge in [-0.2, -0.15) is 0 Å². The summed E-state index contributed by atoms with van der Waals surface area (Å²) in [6, 6.07) is 0.291. The van der Waals surface area contributed by atoms with Gasteiger partial charge in [0.2, 0.25) is 5.91 Å². The molecule has 12 heavy (non-hydrogen) atoms. The fourth-order valence-corrected chi connectivity index (χ4v) is 1.15. The molecular formula is C9H17NO2. The van der Waals surface area contributed by atoms with Crippen LogP contribution in [-0.4, -0.2) is 25.2 Å². The minimum atomic E-state index is 0.178. The first-order chi connectivity index (χ1) is 5.83. The summed E-state index contributed by atoms with van der Waals surface area (Å²) in [4.78, 5) is 11.2. The van der Waals surface area contributed by atoms with Gasteiger partial charge < -0.3 is 10.1 Å². The summed E-state index contributed by atoms with van der Waals surface area (Å²) < 4.78 is 4.95. The van der Waals surface area contributed by atoms with Gasteiger partial charge >= 0.3 is 0 Å². The van der Waals surface area contributed by atoms with E-state index in [0.717, 1.165) is 12.8 Å². The van der Waals surface area contributed by atoms with Gasteiger partial charge in [0.05, 0.1) is 19.3 Å². The highest BCUT2D eigenvalue weighted by molar-refractivity contribution is 5.76. The molecule has 1 rings (SSSR count). The Labute approximate surface area is 73.5 Å².